The number of ether oxygens (including phenoxy) is 2. The zero-order valence-electron chi connectivity index (χ0n) is 11.7. The van der Waals surface area contributed by atoms with Crippen LogP contribution in [0.4, 0.5) is 4.39 Å². The van der Waals surface area contributed by atoms with Gasteiger partial charge in [-0.05, 0) is 48.9 Å². The molecule has 0 bridgehead atoms. The van der Waals surface area contributed by atoms with Crippen LogP contribution < -0.4 is 9.47 Å². The number of methoxy groups -OCH3 is 1. The van der Waals surface area contributed by atoms with Crippen LogP contribution in [0, 0.1) is 12.7 Å². The van der Waals surface area contributed by atoms with Gasteiger partial charge in [0.15, 0.2) is 24.0 Å². The summed E-state index contributed by atoms with van der Waals surface area (Å²) in [6.07, 6.45) is 0. The third-order valence-corrected chi connectivity index (χ3v) is 3.40. The number of ketones is 1. The lowest BCUT2D eigenvalue weighted by Gasteiger charge is -2.08. The minimum absolute atomic E-state index is 0.0980. The van der Waals surface area contributed by atoms with Crippen molar-refractivity contribution in [3.05, 3.63) is 58.4 Å². The second kappa shape index (κ2) is 6.59. The topological polar surface area (TPSA) is 35.5 Å². The van der Waals surface area contributed by atoms with Gasteiger partial charge in [-0.2, -0.15) is 0 Å². The lowest BCUT2D eigenvalue weighted by atomic mass is 10.1. The second-order valence-corrected chi connectivity index (χ2v) is 4.88. The largest absolute Gasteiger partial charge is 0.494 e. The van der Waals surface area contributed by atoms with E-state index in [9.17, 15) is 9.18 Å². The molecule has 0 unspecified atom stereocenters. The fraction of sp³-hybridized carbons (Fsp3) is 0.188. The van der Waals surface area contributed by atoms with Crippen molar-refractivity contribution in [2.24, 2.45) is 0 Å². The van der Waals surface area contributed by atoms with Crippen LogP contribution >= 0.6 is 11.6 Å². The first kappa shape index (κ1) is 15.3. The van der Waals surface area contributed by atoms with E-state index in [4.69, 9.17) is 21.1 Å². The first-order valence-corrected chi connectivity index (χ1v) is 6.64. The second-order valence-electron chi connectivity index (χ2n) is 4.47. The van der Waals surface area contributed by atoms with Crippen molar-refractivity contribution in [2.75, 3.05) is 13.7 Å². The Morgan fingerprint density at radius 1 is 1.24 bits per heavy atom. The number of aryl methyl sites for hydroxylation is 1. The molecule has 0 amide bonds. The highest BCUT2D eigenvalue weighted by atomic mass is 35.5. The van der Waals surface area contributed by atoms with Crippen molar-refractivity contribution >= 4 is 17.4 Å². The first-order chi connectivity index (χ1) is 10.0. The van der Waals surface area contributed by atoms with Gasteiger partial charge in [-0.3, -0.25) is 4.79 Å². The van der Waals surface area contributed by atoms with Crippen LogP contribution in [0.2, 0.25) is 5.02 Å². The van der Waals surface area contributed by atoms with Crippen molar-refractivity contribution in [2.45, 2.75) is 6.92 Å². The quantitative estimate of drug-likeness (QED) is 0.781. The van der Waals surface area contributed by atoms with Gasteiger partial charge >= 0.3 is 0 Å². The molecule has 3 nitrogen and oxygen atoms in total. The molecule has 21 heavy (non-hydrogen) atoms. The molecule has 0 N–H and O–H groups in total. The molecule has 2 aromatic rings. The summed E-state index contributed by atoms with van der Waals surface area (Å²) in [5.41, 5.74) is 1.09. The monoisotopic (exact) mass is 308 g/mol. The van der Waals surface area contributed by atoms with Crippen molar-refractivity contribution in [1.82, 2.24) is 0 Å². The van der Waals surface area contributed by atoms with Crippen LogP contribution in [-0.4, -0.2) is 19.5 Å². The van der Waals surface area contributed by atoms with Crippen LogP contribution in [0.3, 0.4) is 0 Å². The van der Waals surface area contributed by atoms with Crippen LogP contribution in [0.1, 0.15) is 15.9 Å². The average Bonchev–Trinajstić information content (AvgIpc) is 2.48. The van der Waals surface area contributed by atoms with Crippen LogP contribution in [0.15, 0.2) is 36.4 Å². The van der Waals surface area contributed by atoms with Gasteiger partial charge in [-0.1, -0.05) is 11.6 Å². The smallest absolute Gasteiger partial charge is 0.200 e. The van der Waals surface area contributed by atoms with Gasteiger partial charge in [-0.25, -0.2) is 4.39 Å². The predicted octanol–water partition coefficient (Wildman–Crippen LogP) is 4.06. The van der Waals surface area contributed by atoms with E-state index in [0.717, 1.165) is 11.6 Å². The Hall–Kier alpha value is -2.07. The molecule has 0 saturated carbocycles. The number of carbonyl (C=O) groups is 1. The Kier molecular flexibility index (Phi) is 4.81. The van der Waals surface area contributed by atoms with E-state index in [0.29, 0.717) is 10.8 Å². The lowest BCUT2D eigenvalue weighted by molar-refractivity contribution is 0.0921. The highest BCUT2D eigenvalue weighted by molar-refractivity contribution is 6.31. The van der Waals surface area contributed by atoms with Gasteiger partial charge in [0.2, 0.25) is 0 Å². The van der Waals surface area contributed by atoms with Crippen molar-refractivity contribution in [3.63, 3.8) is 0 Å². The molecule has 5 heteroatoms. The maximum absolute atomic E-state index is 13.5. The standard InChI is InChI=1S/C16H14ClFO3/c1-10-7-12(4-5-13(10)17)21-9-15(19)11-3-6-16(20-2)14(18)8-11/h3-8H,9H2,1-2H3. The SMILES string of the molecule is COc1ccc(C(=O)COc2ccc(Cl)c(C)c2)cc1F. The summed E-state index contributed by atoms with van der Waals surface area (Å²) in [6.45, 7) is 1.67. The molecule has 0 heterocycles. The molecule has 0 aliphatic rings. The lowest BCUT2D eigenvalue weighted by Crippen LogP contribution is -2.12. The molecule has 0 saturated heterocycles. The summed E-state index contributed by atoms with van der Waals surface area (Å²) in [5, 5.41) is 0.630. The molecule has 0 aromatic heterocycles. The zero-order chi connectivity index (χ0) is 15.4. The van der Waals surface area contributed by atoms with Gasteiger partial charge in [-0.15, -0.1) is 0 Å². The molecule has 110 valence electrons. The van der Waals surface area contributed by atoms with Gasteiger partial charge in [0.1, 0.15) is 5.75 Å². The number of benzene rings is 2. The van der Waals surface area contributed by atoms with Crippen molar-refractivity contribution in [3.8, 4) is 11.5 Å². The summed E-state index contributed by atoms with van der Waals surface area (Å²) in [6, 6.07) is 9.17. The normalized spacial score (nSPS) is 10.3. The van der Waals surface area contributed by atoms with Crippen molar-refractivity contribution in [1.29, 1.82) is 0 Å². The number of hydrogen-bond donors (Lipinski definition) is 0. The zero-order valence-corrected chi connectivity index (χ0v) is 12.4. The third kappa shape index (κ3) is 3.73. The van der Waals surface area contributed by atoms with Gasteiger partial charge in [0.05, 0.1) is 7.11 Å². The maximum atomic E-state index is 13.5. The Labute approximate surface area is 127 Å². The summed E-state index contributed by atoms with van der Waals surface area (Å²) in [4.78, 5) is 12.0. The van der Waals surface area contributed by atoms with E-state index in [-0.39, 0.29) is 23.7 Å². The van der Waals surface area contributed by atoms with E-state index >= 15 is 0 Å². The molecular weight excluding hydrogens is 295 g/mol. The predicted molar refractivity (Wildman–Crippen MR) is 79.0 cm³/mol. The third-order valence-electron chi connectivity index (χ3n) is 2.97. The van der Waals surface area contributed by atoms with Gasteiger partial charge in [0.25, 0.3) is 0 Å². The molecule has 0 atom stereocenters. The highest BCUT2D eigenvalue weighted by Gasteiger charge is 2.11. The van der Waals surface area contributed by atoms with E-state index in [1.807, 2.05) is 6.92 Å². The van der Waals surface area contributed by atoms with Crippen LogP contribution in [0.25, 0.3) is 0 Å². The number of halogens is 2. The van der Waals surface area contributed by atoms with E-state index in [1.165, 1.54) is 19.2 Å². The molecule has 0 fully saturated rings. The molecule has 0 radical (unpaired) electrons. The molecule has 2 rings (SSSR count). The summed E-state index contributed by atoms with van der Waals surface area (Å²) in [7, 11) is 1.37. The van der Waals surface area contributed by atoms with Gasteiger partial charge in [0, 0.05) is 10.6 Å². The fourth-order valence-corrected chi connectivity index (χ4v) is 1.90. The van der Waals surface area contributed by atoms with Crippen LogP contribution in [-0.2, 0) is 0 Å². The molecular formula is C16H14ClFO3. The summed E-state index contributed by atoms with van der Waals surface area (Å²) in [5.74, 6) is -0.255. The maximum Gasteiger partial charge on any atom is 0.200 e. The number of hydrogen-bond acceptors (Lipinski definition) is 3. The molecule has 2 aromatic carbocycles. The molecule has 0 spiro atoms. The number of rotatable bonds is 5. The van der Waals surface area contributed by atoms with E-state index in [1.54, 1.807) is 18.2 Å². The minimum atomic E-state index is -0.578. The Morgan fingerprint density at radius 2 is 2.00 bits per heavy atom. The van der Waals surface area contributed by atoms with E-state index in [2.05, 4.69) is 0 Å². The first-order valence-electron chi connectivity index (χ1n) is 6.27. The summed E-state index contributed by atoms with van der Waals surface area (Å²) < 4.78 is 23.7. The molecule has 0 aliphatic heterocycles. The minimum Gasteiger partial charge on any atom is -0.494 e. The summed E-state index contributed by atoms with van der Waals surface area (Å²) >= 11 is 5.91. The fourth-order valence-electron chi connectivity index (χ4n) is 1.78. The Balaban J connectivity index is 2.04. The van der Waals surface area contributed by atoms with Crippen LogP contribution in [0.5, 0.6) is 11.5 Å². The average molecular weight is 309 g/mol. The molecule has 0 aliphatic carbocycles. The number of Topliss-reactive ketones (excluding diaryl/α,β-unsaturated/α-hetero) is 1. The van der Waals surface area contributed by atoms with E-state index < -0.39 is 5.82 Å². The number of carbonyl (C=O) groups excluding carboxylic acids is 1. The highest BCUT2D eigenvalue weighted by Crippen LogP contribution is 2.22. The van der Waals surface area contributed by atoms with Crippen molar-refractivity contribution < 1.29 is 18.7 Å². The Morgan fingerprint density at radius 3 is 2.62 bits per heavy atom. The Bertz CT molecular complexity index is 671. The van der Waals surface area contributed by atoms with Gasteiger partial charge < -0.3 is 9.47 Å².